The number of hydrogen-bond acceptors (Lipinski definition) is 10. The Kier molecular flexibility index (Phi) is 7.25. The van der Waals surface area contributed by atoms with Crippen molar-refractivity contribution < 1.29 is 38.9 Å². The maximum Gasteiger partial charge on any atom is 0.352 e. The average Bonchev–Trinajstić information content (AvgIpc) is 3.47. The molecule has 196 valence electrons. The van der Waals surface area contributed by atoms with E-state index in [1.807, 2.05) is 4.98 Å². The highest BCUT2D eigenvalue weighted by Gasteiger charge is 2.54. The van der Waals surface area contributed by atoms with Gasteiger partial charge in [0.15, 0.2) is 0 Å². The van der Waals surface area contributed by atoms with Gasteiger partial charge in [0.25, 0.3) is 5.91 Å². The quantitative estimate of drug-likeness (QED) is 0.178. The number of ether oxygens (including phenoxy) is 1. The van der Waals surface area contributed by atoms with E-state index in [-0.39, 0.29) is 23.6 Å². The third-order valence-electron chi connectivity index (χ3n) is 5.29. The average molecular weight is 553 g/mol. The molecule has 4 rings (SSSR count). The molecule has 2 aromatic heterocycles. The first-order chi connectivity index (χ1) is 17.6. The van der Waals surface area contributed by atoms with Gasteiger partial charge in [0, 0.05) is 23.1 Å². The summed E-state index contributed by atoms with van der Waals surface area (Å²) in [5, 5.41) is 24.9. The van der Waals surface area contributed by atoms with Gasteiger partial charge in [-0.15, -0.1) is 23.1 Å². The first-order valence-corrected chi connectivity index (χ1v) is 12.4. The molecule has 0 spiro atoms. The zero-order chi connectivity index (χ0) is 26.9. The van der Waals surface area contributed by atoms with Crippen LogP contribution in [-0.2, 0) is 23.9 Å². The standard InChI is InChI=1S/C20H20N6O9S2/c1-8(27)35-6-9-7-37-17-13(16(30)26(17)14(9)18(31)32)22-15(29)12(10-3-2-4-36-10)23-19(33)24-25-5-11(28)21-20(25)34/h2-5,12-13,17,28H,6-7H2,1H3,(H,21,34)(H,22,29)(H,31,32)(H2,23,24,33)/t12?,13-,17?/m0/s1. The van der Waals surface area contributed by atoms with Gasteiger partial charge in [-0.1, -0.05) is 6.07 Å². The number of carboxylic acid groups (broad SMARTS) is 1. The Labute approximate surface area is 215 Å². The van der Waals surface area contributed by atoms with Crippen molar-refractivity contribution >= 4 is 52.9 Å². The Morgan fingerprint density at radius 3 is 2.65 bits per heavy atom. The molecule has 4 heterocycles. The van der Waals surface area contributed by atoms with Crippen LogP contribution in [-0.4, -0.2) is 78.3 Å². The fraction of sp³-hybridized carbons (Fsp3) is 0.300. The van der Waals surface area contributed by atoms with E-state index in [9.17, 15) is 39.0 Å². The molecule has 1 fully saturated rings. The highest BCUT2D eigenvalue weighted by molar-refractivity contribution is 8.00. The molecule has 0 bridgehead atoms. The van der Waals surface area contributed by atoms with E-state index in [4.69, 9.17) is 4.74 Å². The third kappa shape index (κ3) is 5.31. The first kappa shape index (κ1) is 25.8. The lowest BCUT2D eigenvalue weighted by molar-refractivity contribution is -0.151. The second-order valence-corrected chi connectivity index (χ2v) is 9.87. The number of carbonyl (C=O) groups is 5. The lowest BCUT2D eigenvalue weighted by atomic mass is 10.0. The fourth-order valence-electron chi connectivity index (χ4n) is 3.68. The van der Waals surface area contributed by atoms with Gasteiger partial charge in [-0.05, 0) is 11.4 Å². The first-order valence-electron chi connectivity index (χ1n) is 10.5. The Morgan fingerprint density at radius 2 is 2.05 bits per heavy atom. The summed E-state index contributed by atoms with van der Waals surface area (Å²) in [5.41, 5.74) is 1.29. The molecule has 2 aliphatic heterocycles. The minimum atomic E-state index is -1.37. The summed E-state index contributed by atoms with van der Waals surface area (Å²) < 4.78 is 5.57. The SMILES string of the molecule is CC(=O)OCC1=C(C(=O)O)N2C(=O)[C@H](NC(=O)C(NC(=O)Nn3cc(O)[nH]c3=O)c3cccs3)C2SC1. The molecule has 6 N–H and O–H groups in total. The minimum absolute atomic E-state index is 0.156. The molecule has 17 heteroatoms. The highest BCUT2D eigenvalue weighted by Crippen LogP contribution is 2.40. The predicted molar refractivity (Wildman–Crippen MR) is 128 cm³/mol. The van der Waals surface area contributed by atoms with Crippen molar-refractivity contribution in [1.29, 1.82) is 0 Å². The van der Waals surface area contributed by atoms with Gasteiger partial charge in [-0.2, -0.15) is 0 Å². The second kappa shape index (κ2) is 10.4. The molecule has 4 amide bonds. The van der Waals surface area contributed by atoms with Gasteiger partial charge in [0.05, 0.1) is 6.20 Å². The van der Waals surface area contributed by atoms with Crippen molar-refractivity contribution in [3.8, 4) is 5.88 Å². The molecular formula is C20H20N6O9S2. The molecule has 1 saturated heterocycles. The van der Waals surface area contributed by atoms with Gasteiger partial charge < -0.3 is 25.6 Å². The zero-order valence-corrected chi connectivity index (χ0v) is 20.6. The number of thiophene rings is 1. The fourth-order valence-corrected chi connectivity index (χ4v) is 5.78. The molecule has 37 heavy (non-hydrogen) atoms. The normalized spacial score (nSPS) is 19.4. The van der Waals surface area contributed by atoms with Crippen molar-refractivity contribution in [1.82, 2.24) is 25.2 Å². The molecule has 2 unspecified atom stereocenters. The number of thioether (sulfide) groups is 1. The molecule has 0 aromatic carbocycles. The summed E-state index contributed by atoms with van der Waals surface area (Å²) >= 11 is 2.35. The van der Waals surface area contributed by atoms with Crippen LogP contribution in [0.4, 0.5) is 4.79 Å². The van der Waals surface area contributed by atoms with Crippen LogP contribution in [0, 0.1) is 0 Å². The van der Waals surface area contributed by atoms with Gasteiger partial charge in [0.1, 0.15) is 29.8 Å². The van der Waals surface area contributed by atoms with Crippen LogP contribution in [0.25, 0.3) is 0 Å². The van der Waals surface area contributed by atoms with Crippen molar-refractivity contribution in [3.63, 3.8) is 0 Å². The van der Waals surface area contributed by atoms with Crippen molar-refractivity contribution in [2.24, 2.45) is 0 Å². The number of aromatic amines is 1. The number of carbonyl (C=O) groups excluding carboxylic acids is 4. The summed E-state index contributed by atoms with van der Waals surface area (Å²) in [7, 11) is 0. The Morgan fingerprint density at radius 1 is 1.30 bits per heavy atom. The van der Waals surface area contributed by atoms with Crippen LogP contribution in [0.1, 0.15) is 17.8 Å². The molecule has 0 radical (unpaired) electrons. The lowest BCUT2D eigenvalue weighted by Gasteiger charge is -2.49. The number of nitrogens with zero attached hydrogens (tertiary/aromatic N) is 2. The number of aromatic hydroxyl groups is 1. The van der Waals surface area contributed by atoms with Crippen LogP contribution in [0.2, 0.25) is 0 Å². The third-order valence-corrected chi connectivity index (χ3v) is 7.57. The van der Waals surface area contributed by atoms with Gasteiger partial charge >= 0.3 is 23.7 Å². The number of fused-ring (bicyclic) bond motifs is 1. The van der Waals surface area contributed by atoms with Crippen LogP contribution in [0.3, 0.4) is 0 Å². The number of amides is 4. The summed E-state index contributed by atoms with van der Waals surface area (Å²) in [5.74, 6) is -3.71. The summed E-state index contributed by atoms with van der Waals surface area (Å²) in [6, 6.07) is -0.0442. The number of rotatable bonds is 8. The summed E-state index contributed by atoms with van der Waals surface area (Å²) in [6.07, 6.45) is 0.924. The molecule has 2 aromatic rings. The van der Waals surface area contributed by atoms with Gasteiger partial charge in [-0.25, -0.2) is 24.5 Å². The van der Waals surface area contributed by atoms with Crippen molar-refractivity contribution in [2.45, 2.75) is 24.4 Å². The van der Waals surface area contributed by atoms with Crippen LogP contribution >= 0.6 is 23.1 Å². The van der Waals surface area contributed by atoms with E-state index in [2.05, 4.69) is 16.1 Å². The maximum atomic E-state index is 13.2. The number of H-pyrrole nitrogens is 1. The Balaban J connectivity index is 1.47. The van der Waals surface area contributed by atoms with E-state index in [0.29, 0.717) is 9.55 Å². The number of imidazole rings is 1. The van der Waals surface area contributed by atoms with Crippen molar-refractivity contribution in [2.75, 3.05) is 17.8 Å². The Bertz CT molecular complexity index is 1350. The number of hydrogen-bond donors (Lipinski definition) is 6. The number of esters is 1. The number of nitrogens with one attached hydrogen (secondary N) is 4. The minimum Gasteiger partial charge on any atom is -0.493 e. The summed E-state index contributed by atoms with van der Waals surface area (Å²) in [6.45, 7) is 0.901. The topological polar surface area (TPSA) is 212 Å². The largest absolute Gasteiger partial charge is 0.493 e. The number of β-lactam (4-membered cyclic amide) rings is 1. The van der Waals surface area contributed by atoms with Crippen LogP contribution in [0.5, 0.6) is 5.88 Å². The van der Waals surface area contributed by atoms with E-state index >= 15 is 0 Å². The number of carboxylic acids is 1. The maximum absolute atomic E-state index is 13.2. The molecule has 3 atom stereocenters. The monoisotopic (exact) mass is 552 g/mol. The van der Waals surface area contributed by atoms with E-state index in [0.717, 1.165) is 22.4 Å². The van der Waals surface area contributed by atoms with Crippen molar-refractivity contribution in [3.05, 3.63) is 50.3 Å². The molecular weight excluding hydrogens is 532 g/mol. The number of aromatic nitrogens is 2. The Hall–Kier alpha value is -4.25. The van der Waals surface area contributed by atoms with Crippen LogP contribution < -0.4 is 21.7 Å². The predicted octanol–water partition coefficient (Wildman–Crippen LogP) is -0.760. The van der Waals surface area contributed by atoms with Crippen LogP contribution in [0.15, 0.2) is 39.8 Å². The second-order valence-electron chi connectivity index (χ2n) is 7.78. The van der Waals surface area contributed by atoms with E-state index < -0.39 is 58.8 Å². The summed E-state index contributed by atoms with van der Waals surface area (Å²) in [4.78, 5) is 76.6. The van der Waals surface area contributed by atoms with Gasteiger partial charge in [0.2, 0.25) is 11.8 Å². The molecule has 2 aliphatic rings. The number of urea groups is 1. The number of aliphatic carboxylic acids is 1. The lowest BCUT2D eigenvalue weighted by Crippen LogP contribution is -2.71. The zero-order valence-electron chi connectivity index (χ0n) is 18.9. The smallest absolute Gasteiger partial charge is 0.352 e. The molecule has 0 aliphatic carbocycles. The van der Waals surface area contributed by atoms with E-state index in [1.165, 1.54) is 18.7 Å². The van der Waals surface area contributed by atoms with Gasteiger partial charge in [-0.3, -0.25) is 24.3 Å². The highest BCUT2D eigenvalue weighted by atomic mass is 32.2. The molecule has 15 nitrogen and oxygen atoms in total. The molecule has 0 saturated carbocycles. The van der Waals surface area contributed by atoms with E-state index in [1.54, 1.807) is 17.5 Å².